The molecule has 0 saturated carbocycles. The quantitative estimate of drug-likeness (QED) is 0.841. The molecule has 0 spiro atoms. The van der Waals surface area contributed by atoms with Gasteiger partial charge in [-0.25, -0.2) is 4.98 Å². The lowest BCUT2D eigenvalue weighted by molar-refractivity contribution is 0.1000. The topological polar surface area (TPSA) is 85.2 Å². The van der Waals surface area contributed by atoms with Gasteiger partial charge in [-0.05, 0) is 37.1 Å². The fourth-order valence-corrected chi connectivity index (χ4v) is 2.41. The molecule has 1 aromatic heterocycles. The van der Waals surface area contributed by atoms with E-state index in [0.29, 0.717) is 23.6 Å². The zero-order chi connectivity index (χ0) is 15.6. The van der Waals surface area contributed by atoms with Crippen molar-refractivity contribution in [2.24, 2.45) is 5.73 Å². The molecular formula is C16H20N4O. The second kappa shape index (κ2) is 5.83. The highest BCUT2D eigenvalue weighted by Crippen LogP contribution is 2.24. The standard InChI is InChI=1S/C16H20N4O/c1-10-8-11(2)19-16(14(10)15(18)21)20(3)9-12-6-4-5-7-13(12)17/h4-8H,9,17H2,1-3H3,(H2,18,21). The van der Waals surface area contributed by atoms with E-state index in [-0.39, 0.29) is 0 Å². The molecule has 0 radical (unpaired) electrons. The van der Waals surface area contributed by atoms with Crippen LogP contribution in [0.5, 0.6) is 0 Å². The van der Waals surface area contributed by atoms with E-state index in [2.05, 4.69) is 4.98 Å². The molecule has 1 amide bonds. The number of pyridine rings is 1. The number of amides is 1. The Morgan fingerprint density at radius 1 is 1.29 bits per heavy atom. The van der Waals surface area contributed by atoms with Crippen molar-refractivity contribution in [3.8, 4) is 0 Å². The first-order valence-electron chi connectivity index (χ1n) is 6.72. The Morgan fingerprint density at radius 3 is 2.57 bits per heavy atom. The van der Waals surface area contributed by atoms with E-state index in [1.807, 2.05) is 56.1 Å². The molecule has 1 heterocycles. The van der Waals surface area contributed by atoms with Crippen LogP contribution < -0.4 is 16.4 Å². The smallest absolute Gasteiger partial charge is 0.252 e. The number of carbonyl (C=O) groups excluding carboxylic acids is 1. The minimum absolute atomic E-state index is 0.456. The summed E-state index contributed by atoms with van der Waals surface area (Å²) in [5.41, 5.74) is 15.3. The summed E-state index contributed by atoms with van der Waals surface area (Å²) in [6.07, 6.45) is 0. The Labute approximate surface area is 124 Å². The zero-order valence-corrected chi connectivity index (χ0v) is 12.6. The second-order valence-electron chi connectivity index (χ2n) is 5.20. The molecule has 0 aliphatic carbocycles. The lowest BCUT2D eigenvalue weighted by atomic mass is 10.1. The molecule has 0 aliphatic heterocycles. The molecule has 110 valence electrons. The highest BCUT2D eigenvalue weighted by molar-refractivity contribution is 5.99. The number of para-hydroxylation sites is 1. The number of anilines is 2. The summed E-state index contributed by atoms with van der Waals surface area (Å²) in [7, 11) is 1.88. The number of hydrogen-bond acceptors (Lipinski definition) is 4. The maximum Gasteiger partial charge on any atom is 0.252 e. The fraction of sp³-hybridized carbons (Fsp3) is 0.250. The third-order valence-electron chi connectivity index (χ3n) is 3.40. The number of hydrogen-bond donors (Lipinski definition) is 2. The number of aromatic nitrogens is 1. The molecule has 0 unspecified atom stereocenters. The molecule has 5 heteroatoms. The van der Waals surface area contributed by atoms with Crippen molar-refractivity contribution < 1.29 is 4.79 Å². The van der Waals surface area contributed by atoms with Gasteiger partial charge < -0.3 is 16.4 Å². The Balaban J connectivity index is 2.41. The molecule has 4 N–H and O–H groups in total. The summed E-state index contributed by atoms with van der Waals surface area (Å²) in [4.78, 5) is 18.1. The van der Waals surface area contributed by atoms with Crippen LogP contribution in [0.2, 0.25) is 0 Å². The number of benzene rings is 1. The van der Waals surface area contributed by atoms with E-state index in [9.17, 15) is 4.79 Å². The number of nitrogens with zero attached hydrogens (tertiary/aromatic N) is 2. The third kappa shape index (κ3) is 3.13. The van der Waals surface area contributed by atoms with E-state index >= 15 is 0 Å². The van der Waals surface area contributed by atoms with Gasteiger partial charge in [-0.15, -0.1) is 0 Å². The van der Waals surface area contributed by atoms with E-state index in [1.165, 1.54) is 0 Å². The summed E-state index contributed by atoms with van der Waals surface area (Å²) in [6.45, 7) is 4.32. The van der Waals surface area contributed by atoms with Crippen LogP contribution in [-0.4, -0.2) is 17.9 Å². The first kappa shape index (κ1) is 14.8. The normalized spacial score (nSPS) is 10.4. The second-order valence-corrected chi connectivity index (χ2v) is 5.20. The Morgan fingerprint density at radius 2 is 1.95 bits per heavy atom. The highest BCUT2D eigenvalue weighted by Gasteiger charge is 2.17. The molecular weight excluding hydrogens is 264 g/mol. The van der Waals surface area contributed by atoms with E-state index < -0.39 is 5.91 Å². The average molecular weight is 284 g/mol. The van der Waals surface area contributed by atoms with Gasteiger partial charge in [-0.1, -0.05) is 18.2 Å². The van der Waals surface area contributed by atoms with Crippen LogP contribution in [-0.2, 0) is 6.54 Å². The number of aryl methyl sites for hydroxylation is 2. The summed E-state index contributed by atoms with van der Waals surface area (Å²) >= 11 is 0. The van der Waals surface area contributed by atoms with Crippen LogP contribution in [0.25, 0.3) is 0 Å². The predicted molar refractivity (Wildman–Crippen MR) is 85.2 cm³/mol. The number of nitrogen functional groups attached to an aromatic ring is 1. The molecule has 2 aromatic rings. The van der Waals surface area contributed by atoms with Crippen LogP contribution in [0.15, 0.2) is 30.3 Å². The van der Waals surface area contributed by atoms with Gasteiger partial charge >= 0.3 is 0 Å². The van der Waals surface area contributed by atoms with Gasteiger partial charge in [-0.2, -0.15) is 0 Å². The number of primary amides is 1. The van der Waals surface area contributed by atoms with E-state index in [0.717, 1.165) is 16.8 Å². The van der Waals surface area contributed by atoms with Crippen LogP contribution >= 0.6 is 0 Å². The Hall–Kier alpha value is -2.56. The number of nitrogens with two attached hydrogens (primary N) is 2. The monoisotopic (exact) mass is 284 g/mol. The van der Waals surface area contributed by atoms with Gasteiger partial charge in [0.25, 0.3) is 5.91 Å². The molecule has 5 nitrogen and oxygen atoms in total. The van der Waals surface area contributed by atoms with Gasteiger partial charge in [0.2, 0.25) is 0 Å². The van der Waals surface area contributed by atoms with Crippen molar-refractivity contribution in [2.75, 3.05) is 17.7 Å². The molecule has 0 bridgehead atoms. The van der Waals surface area contributed by atoms with Crippen molar-refractivity contribution >= 4 is 17.4 Å². The number of carbonyl (C=O) groups is 1. The molecule has 0 aliphatic rings. The average Bonchev–Trinajstić information content (AvgIpc) is 2.39. The van der Waals surface area contributed by atoms with Crippen molar-refractivity contribution in [2.45, 2.75) is 20.4 Å². The summed E-state index contributed by atoms with van der Waals surface area (Å²) in [5, 5.41) is 0. The van der Waals surface area contributed by atoms with Crippen LogP contribution in [0.1, 0.15) is 27.2 Å². The van der Waals surface area contributed by atoms with Gasteiger partial charge in [0, 0.05) is 25.0 Å². The predicted octanol–water partition coefficient (Wildman–Crippen LogP) is 2.02. The minimum Gasteiger partial charge on any atom is -0.398 e. The van der Waals surface area contributed by atoms with Gasteiger partial charge in [0.15, 0.2) is 0 Å². The SMILES string of the molecule is Cc1cc(C)c(C(N)=O)c(N(C)Cc2ccccc2N)n1. The highest BCUT2D eigenvalue weighted by atomic mass is 16.1. The molecule has 2 rings (SSSR count). The Kier molecular flexibility index (Phi) is 4.12. The lowest BCUT2D eigenvalue weighted by Crippen LogP contribution is -2.25. The molecule has 1 aromatic carbocycles. The van der Waals surface area contributed by atoms with Crippen molar-refractivity contribution in [1.29, 1.82) is 0 Å². The molecule has 0 fully saturated rings. The maximum absolute atomic E-state index is 11.7. The summed E-state index contributed by atoms with van der Waals surface area (Å²) < 4.78 is 0. The summed E-state index contributed by atoms with van der Waals surface area (Å²) in [5.74, 6) is 0.117. The zero-order valence-electron chi connectivity index (χ0n) is 12.6. The first-order valence-corrected chi connectivity index (χ1v) is 6.72. The van der Waals surface area contributed by atoms with Crippen molar-refractivity contribution in [3.63, 3.8) is 0 Å². The Bertz CT molecular complexity index is 682. The van der Waals surface area contributed by atoms with E-state index in [4.69, 9.17) is 11.5 Å². The molecule has 0 saturated heterocycles. The third-order valence-corrected chi connectivity index (χ3v) is 3.40. The maximum atomic E-state index is 11.7. The lowest BCUT2D eigenvalue weighted by Gasteiger charge is -2.22. The van der Waals surface area contributed by atoms with Crippen LogP contribution in [0.3, 0.4) is 0 Å². The van der Waals surface area contributed by atoms with E-state index in [1.54, 1.807) is 0 Å². The first-order chi connectivity index (χ1) is 9.90. The minimum atomic E-state index is -0.470. The van der Waals surface area contributed by atoms with Crippen LogP contribution in [0, 0.1) is 13.8 Å². The molecule has 21 heavy (non-hydrogen) atoms. The van der Waals surface area contributed by atoms with Crippen molar-refractivity contribution in [1.82, 2.24) is 4.98 Å². The van der Waals surface area contributed by atoms with Gasteiger partial charge in [-0.3, -0.25) is 4.79 Å². The van der Waals surface area contributed by atoms with Gasteiger partial charge in [0.1, 0.15) is 5.82 Å². The largest absolute Gasteiger partial charge is 0.398 e. The number of rotatable bonds is 4. The van der Waals surface area contributed by atoms with Gasteiger partial charge in [0.05, 0.1) is 5.56 Å². The fourth-order valence-electron chi connectivity index (χ4n) is 2.41. The summed E-state index contributed by atoms with van der Waals surface area (Å²) in [6, 6.07) is 9.49. The van der Waals surface area contributed by atoms with Crippen molar-refractivity contribution in [3.05, 3.63) is 52.7 Å². The molecule has 0 atom stereocenters. The van der Waals surface area contributed by atoms with Crippen LogP contribution in [0.4, 0.5) is 11.5 Å².